The fourth-order valence-corrected chi connectivity index (χ4v) is 4.35. The maximum Gasteiger partial charge on any atom is 0.240 e. The molecule has 1 saturated heterocycles. The average Bonchev–Trinajstić information content (AvgIpc) is 2.53. The Morgan fingerprint density at radius 2 is 2.04 bits per heavy atom. The van der Waals surface area contributed by atoms with Crippen molar-refractivity contribution < 1.29 is 8.42 Å². The van der Waals surface area contributed by atoms with Gasteiger partial charge in [-0.3, -0.25) is 4.90 Å². The molecule has 1 aromatic rings. The number of hydrogen-bond acceptors (Lipinski definition) is 3. The van der Waals surface area contributed by atoms with E-state index in [-0.39, 0.29) is 6.04 Å². The molecule has 0 amide bonds. The van der Waals surface area contributed by atoms with Crippen LogP contribution in [0.1, 0.15) is 32.3 Å². The van der Waals surface area contributed by atoms with Crippen molar-refractivity contribution in [2.75, 3.05) is 25.5 Å². The minimum absolute atomic E-state index is 0.211. The molecule has 0 spiro atoms. The third-order valence-electron chi connectivity index (χ3n) is 4.50. The molecule has 4 nitrogen and oxygen atoms in total. The van der Waals surface area contributed by atoms with Crippen LogP contribution in [0.15, 0.2) is 29.2 Å². The van der Waals surface area contributed by atoms with E-state index < -0.39 is 10.0 Å². The van der Waals surface area contributed by atoms with Gasteiger partial charge in [0.15, 0.2) is 0 Å². The summed E-state index contributed by atoms with van der Waals surface area (Å²) in [5, 5.41) is 0. The lowest BCUT2D eigenvalue weighted by Gasteiger charge is -2.35. The normalized spacial score (nSPS) is 21.3. The Morgan fingerprint density at radius 3 is 2.65 bits per heavy atom. The van der Waals surface area contributed by atoms with Gasteiger partial charge in [0.25, 0.3) is 0 Å². The third-order valence-corrected chi connectivity index (χ3v) is 6.13. The molecule has 1 heterocycles. The quantitative estimate of drug-likeness (QED) is 0.762. The Kier molecular flexibility index (Phi) is 6.89. The van der Waals surface area contributed by atoms with Gasteiger partial charge in [0.1, 0.15) is 0 Å². The monoisotopic (exact) mass is 358 g/mol. The van der Waals surface area contributed by atoms with Crippen LogP contribution in [0, 0.1) is 5.92 Å². The number of benzene rings is 1. The number of likely N-dealkylation sites (tertiary alicyclic amines) is 1. The van der Waals surface area contributed by atoms with Gasteiger partial charge in [-0.2, -0.15) is 0 Å². The predicted molar refractivity (Wildman–Crippen MR) is 95.5 cm³/mol. The number of nitrogens with one attached hydrogen (secondary N) is 1. The fourth-order valence-electron chi connectivity index (χ4n) is 3.01. The van der Waals surface area contributed by atoms with Crippen molar-refractivity contribution in [1.82, 2.24) is 9.62 Å². The first-order valence-electron chi connectivity index (χ1n) is 8.31. The van der Waals surface area contributed by atoms with E-state index in [1.807, 2.05) is 12.1 Å². The lowest BCUT2D eigenvalue weighted by molar-refractivity contribution is 0.140. The first-order chi connectivity index (χ1) is 10.9. The van der Waals surface area contributed by atoms with Crippen molar-refractivity contribution in [1.29, 1.82) is 0 Å². The second-order valence-electron chi connectivity index (χ2n) is 6.53. The summed E-state index contributed by atoms with van der Waals surface area (Å²) >= 11 is 5.70. The Bertz CT molecular complexity index is 589. The number of alkyl halides is 1. The van der Waals surface area contributed by atoms with Crippen LogP contribution in [0.25, 0.3) is 0 Å². The molecule has 1 aliphatic rings. The SMILES string of the molecule is C[C@@H]1CCCN([C@H](C)CNS(=O)(=O)c2ccc(CCCl)cc2)C1. The topological polar surface area (TPSA) is 49.4 Å². The van der Waals surface area contributed by atoms with E-state index in [0.717, 1.165) is 25.1 Å². The molecule has 0 radical (unpaired) electrons. The minimum Gasteiger partial charge on any atom is -0.299 e. The third kappa shape index (κ3) is 5.45. The summed E-state index contributed by atoms with van der Waals surface area (Å²) in [5.74, 6) is 1.23. The Balaban J connectivity index is 1.92. The van der Waals surface area contributed by atoms with E-state index in [1.54, 1.807) is 12.1 Å². The molecule has 2 atom stereocenters. The first kappa shape index (κ1) is 18.7. The molecule has 6 heteroatoms. The lowest BCUT2D eigenvalue weighted by atomic mass is 9.99. The van der Waals surface area contributed by atoms with Crippen LogP contribution in [0.4, 0.5) is 0 Å². The van der Waals surface area contributed by atoms with Crippen LogP contribution in [-0.2, 0) is 16.4 Å². The van der Waals surface area contributed by atoms with Gasteiger partial charge in [0.2, 0.25) is 10.0 Å². The summed E-state index contributed by atoms with van der Waals surface area (Å²) < 4.78 is 27.5. The van der Waals surface area contributed by atoms with Crippen LogP contribution < -0.4 is 4.72 Å². The number of halogens is 1. The number of rotatable bonds is 7. The van der Waals surface area contributed by atoms with Gasteiger partial charge in [-0.15, -0.1) is 11.6 Å². The molecule has 0 bridgehead atoms. The number of nitrogens with zero attached hydrogens (tertiary/aromatic N) is 1. The van der Waals surface area contributed by atoms with Crippen molar-refractivity contribution in [3.05, 3.63) is 29.8 Å². The van der Waals surface area contributed by atoms with Crippen LogP contribution in [0.2, 0.25) is 0 Å². The van der Waals surface area contributed by atoms with Gasteiger partial charge in [-0.1, -0.05) is 19.1 Å². The second-order valence-corrected chi connectivity index (χ2v) is 8.67. The zero-order chi connectivity index (χ0) is 16.9. The molecule has 130 valence electrons. The number of hydrogen-bond donors (Lipinski definition) is 1. The van der Waals surface area contributed by atoms with Crippen molar-refractivity contribution in [2.24, 2.45) is 5.92 Å². The van der Waals surface area contributed by atoms with Gasteiger partial charge in [-0.25, -0.2) is 13.1 Å². The summed E-state index contributed by atoms with van der Waals surface area (Å²) in [5.41, 5.74) is 1.05. The molecule has 1 aliphatic heterocycles. The van der Waals surface area contributed by atoms with Crippen LogP contribution in [-0.4, -0.2) is 44.9 Å². The van der Waals surface area contributed by atoms with Gasteiger partial charge in [-0.05, 0) is 56.3 Å². The molecule has 0 aromatic heterocycles. The molecule has 2 rings (SSSR count). The molecule has 1 fully saturated rings. The van der Waals surface area contributed by atoms with Gasteiger partial charge >= 0.3 is 0 Å². The Labute approximate surface area is 145 Å². The second kappa shape index (κ2) is 8.47. The van der Waals surface area contributed by atoms with Crippen molar-refractivity contribution >= 4 is 21.6 Å². The van der Waals surface area contributed by atoms with Crippen molar-refractivity contribution in [2.45, 2.75) is 44.0 Å². The smallest absolute Gasteiger partial charge is 0.240 e. The van der Waals surface area contributed by atoms with E-state index >= 15 is 0 Å². The summed E-state index contributed by atoms with van der Waals surface area (Å²) in [6.45, 7) is 6.89. The van der Waals surface area contributed by atoms with Crippen molar-refractivity contribution in [3.63, 3.8) is 0 Å². The number of sulfonamides is 1. The van der Waals surface area contributed by atoms with E-state index in [9.17, 15) is 8.42 Å². The predicted octanol–water partition coefficient (Wildman–Crippen LogP) is 2.87. The van der Waals surface area contributed by atoms with E-state index in [2.05, 4.69) is 23.5 Å². The van der Waals surface area contributed by atoms with Crippen LogP contribution >= 0.6 is 11.6 Å². The Morgan fingerprint density at radius 1 is 1.35 bits per heavy atom. The molecular formula is C17H27ClN2O2S. The van der Waals surface area contributed by atoms with Crippen LogP contribution in [0.5, 0.6) is 0 Å². The highest BCUT2D eigenvalue weighted by Crippen LogP contribution is 2.18. The first-order valence-corrected chi connectivity index (χ1v) is 10.3. The standard InChI is InChI=1S/C17H27ClN2O2S/c1-14-4-3-11-20(13-14)15(2)12-19-23(21,22)17-7-5-16(6-8-17)9-10-18/h5-8,14-15,19H,3-4,9-13H2,1-2H3/t14-,15-/m1/s1. The van der Waals surface area contributed by atoms with Gasteiger partial charge in [0, 0.05) is 25.0 Å². The fraction of sp³-hybridized carbons (Fsp3) is 0.647. The van der Waals surface area contributed by atoms with E-state index in [0.29, 0.717) is 23.2 Å². The van der Waals surface area contributed by atoms with Crippen LogP contribution in [0.3, 0.4) is 0 Å². The summed E-state index contributed by atoms with van der Waals surface area (Å²) in [6.07, 6.45) is 3.21. The zero-order valence-electron chi connectivity index (χ0n) is 14.0. The maximum absolute atomic E-state index is 12.4. The summed E-state index contributed by atoms with van der Waals surface area (Å²) in [6, 6.07) is 7.16. The lowest BCUT2D eigenvalue weighted by Crippen LogP contribution is -2.46. The molecule has 1 N–H and O–H groups in total. The number of piperidine rings is 1. The molecule has 0 saturated carbocycles. The highest BCUT2D eigenvalue weighted by Gasteiger charge is 2.22. The number of aryl methyl sites for hydroxylation is 1. The average molecular weight is 359 g/mol. The summed E-state index contributed by atoms with van der Waals surface area (Å²) in [7, 11) is -3.45. The van der Waals surface area contributed by atoms with Gasteiger partial charge < -0.3 is 0 Å². The molecule has 23 heavy (non-hydrogen) atoms. The Hall–Kier alpha value is -0.620. The molecule has 0 unspecified atom stereocenters. The largest absolute Gasteiger partial charge is 0.299 e. The summed E-state index contributed by atoms with van der Waals surface area (Å²) in [4.78, 5) is 2.69. The van der Waals surface area contributed by atoms with E-state index in [1.165, 1.54) is 12.8 Å². The highest BCUT2D eigenvalue weighted by atomic mass is 35.5. The van der Waals surface area contributed by atoms with Gasteiger partial charge in [0.05, 0.1) is 4.90 Å². The minimum atomic E-state index is -3.45. The highest BCUT2D eigenvalue weighted by molar-refractivity contribution is 7.89. The molecular weight excluding hydrogens is 332 g/mol. The molecule has 1 aromatic carbocycles. The van der Waals surface area contributed by atoms with E-state index in [4.69, 9.17) is 11.6 Å². The van der Waals surface area contributed by atoms with Crippen molar-refractivity contribution in [3.8, 4) is 0 Å². The zero-order valence-corrected chi connectivity index (χ0v) is 15.5. The maximum atomic E-state index is 12.4. The molecule has 0 aliphatic carbocycles.